The molecule has 2 rings (SSSR count). The number of hydrogen-bond donors (Lipinski definition) is 1. The Bertz CT molecular complexity index is 758. The van der Waals surface area contributed by atoms with Crippen molar-refractivity contribution in [3.8, 4) is 0 Å². The molecule has 0 bridgehead atoms. The Labute approximate surface area is 153 Å². The highest BCUT2D eigenvalue weighted by Crippen LogP contribution is 2.22. The number of nitrogens with one attached hydrogen (secondary N) is 1. The number of hydrogen-bond acceptors (Lipinski definition) is 6. The Morgan fingerprint density at radius 1 is 1.19 bits per heavy atom. The predicted octanol–water partition coefficient (Wildman–Crippen LogP) is 2.96. The number of benzene rings is 1. The topological polar surface area (TPSA) is 94.3 Å². The zero-order valence-corrected chi connectivity index (χ0v) is 15.8. The van der Waals surface area contributed by atoms with Crippen LogP contribution < -0.4 is 5.32 Å². The third-order valence-corrected chi connectivity index (χ3v) is 3.76. The van der Waals surface area contributed by atoms with Crippen LogP contribution in [0.5, 0.6) is 0 Å². The van der Waals surface area contributed by atoms with E-state index < -0.39 is 5.97 Å². The molecule has 0 aliphatic rings. The summed E-state index contributed by atoms with van der Waals surface area (Å²) in [4.78, 5) is 28.0. The third-order valence-electron chi connectivity index (χ3n) is 3.76. The molecule has 0 saturated carbocycles. The fraction of sp³-hybridized carbons (Fsp3) is 0.474. The first-order valence-corrected chi connectivity index (χ1v) is 8.53. The zero-order chi connectivity index (χ0) is 19.3. The Morgan fingerprint density at radius 3 is 2.38 bits per heavy atom. The monoisotopic (exact) mass is 359 g/mol. The lowest BCUT2D eigenvalue weighted by atomic mass is 9.87. The normalized spacial score (nSPS) is 11.5. The molecule has 7 heteroatoms. The number of amides is 1. The molecule has 1 N–H and O–H groups in total. The Hall–Kier alpha value is -2.70. The van der Waals surface area contributed by atoms with Gasteiger partial charge in [-0.2, -0.15) is 4.98 Å². The van der Waals surface area contributed by atoms with Crippen LogP contribution in [0.1, 0.15) is 68.2 Å². The third kappa shape index (κ3) is 5.40. The average molecular weight is 359 g/mol. The van der Waals surface area contributed by atoms with Crippen LogP contribution in [-0.4, -0.2) is 28.6 Å². The van der Waals surface area contributed by atoms with E-state index >= 15 is 0 Å². The average Bonchev–Trinajstić information content (AvgIpc) is 3.06. The predicted molar refractivity (Wildman–Crippen MR) is 95.7 cm³/mol. The molecule has 0 saturated heterocycles. The lowest BCUT2D eigenvalue weighted by molar-refractivity contribution is -0.144. The SMILES string of the molecule is CC(C)c1noc(COC(=O)CNC(=O)c2ccc(C(C)(C)C)cc2)n1. The maximum atomic E-state index is 12.1. The molecule has 1 heterocycles. The number of esters is 1. The fourth-order valence-electron chi connectivity index (χ4n) is 2.13. The van der Waals surface area contributed by atoms with Crippen LogP contribution in [0.4, 0.5) is 0 Å². The van der Waals surface area contributed by atoms with Crippen molar-refractivity contribution >= 4 is 11.9 Å². The van der Waals surface area contributed by atoms with Crippen LogP contribution in [-0.2, 0) is 21.6 Å². The largest absolute Gasteiger partial charge is 0.454 e. The van der Waals surface area contributed by atoms with E-state index in [0.29, 0.717) is 11.4 Å². The molecule has 2 aromatic rings. The number of ether oxygens (including phenoxy) is 1. The quantitative estimate of drug-likeness (QED) is 0.797. The number of carbonyl (C=O) groups excluding carboxylic acids is 2. The minimum atomic E-state index is -0.575. The minimum Gasteiger partial charge on any atom is -0.454 e. The molecule has 0 atom stereocenters. The van der Waals surface area contributed by atoms with E-state index in [-0.39, 0.29) is 36.3 Å². The maximum absolute atomic E-state index is 12.1. The van der Waals surface area contributed by atoms with Gasteiger partial charge in [0, 0.05) is 11.5 Å². The summed E-state index contributed by atoms with van der Waals surface area (Å²) in [5.74, 6) is 0.0117. The maximum Gasteiger partial charge on any atom is 0.325 e. The second-order valence-electron chi connectivity index (χ2n) is 7.37. The van der Waals surface area contributed by atoms with E-state index in [9.17, 15) is 9.59 Å². The van der Waals surface area contributed by atoms with Crippen molar-refractivity contribution < 1.29 is 18.8 Å². The van der Waals surface area contributed by atoms with Crippen molar-refractivity contribution in [1.29, 1.82) is 0 Å². The Balaban J connectivity index is 1.80. The molecule has 0 aliphatic heterocycles. The van der Waals surface area contributed by atoms with Crippen LogP contribution in [0.3, 0.4) is 0 Å². The first-order chi connectivity index (χ1) is 12.2. The minimum absolute atomic E-state index is 0.0169. The van der Waals surface area contributed by atoms with E-state index in [1.165, 1.54) is 0 Å². The summed E-state index contributed by atoms with van der Waals surface area (Å²) in [6.07, 6.45) is 0. The summed E-state index contributed by atoms with van der Waals surface area (Å²) in [6.45, 7) is 9.83. The van der Waals surface area contributed by atoms with Gasteiger partial charge in [-0.15, -0.1) is 0 Å². The highest BCUT2D eigenvalue weighted by molar-refractivity contribution is 5.95. The zero-order valence-electron chi connectivity index (χ0n) is 15.8. The van der Waals surface area contributed by atoms with Gasteiger partial charge in [0.25, 0.3) is 11.8 Å². The summed E-state index contributed by atoms with van der Waals surface area (Å²) >= 11 is 0. The molecule has 7 nitrogen and oxygen atoms in total. The molecule has 26 heavy (non-hydrogen) atoms. The van der Waals surface area contributed by atoms with Crippen LogP contribution in [0.15, 0.2) is 28.8 Å². The molecule has 0 spiro atoms. The van der Waals surface area contributed by atoms with Crippen LogP contribution in [0.2, 0.25) is 0 Å². The van der Waals surface area contributed by atoms with Crippen molar-refractivity contribution in [3.63, 3.8) is 0 Å². The van der Waals surface area contributed by atoms with Gasteiger partial charge in [0.05, 0.1) is 0 Å². The molecule has 0 aliphatic carbocycles. The summed E-state index contributed by atoms with van der Waals surface area (Å²) in [5, 5.41) is 6.32. The van der Waals surface area contributed by atoms with Gasteiger partial charge in [-0.3, -0.25) is 9.59 Å². The highest BCUT2D eigenvalue weighted by Gasteiger charge is 2.15. The van der Waals surface area contributed by atoms with E-state index in [0.717, 1.165) is 5.56 Å². The van der Waals surface area contributed by atoms with Gasteiger partial charge < -0.3 is 14.6 Å². The van der Waals surface area contributed by atoms with Crippen molar-refractivity contribution in [2.24, 2.45) is 0 Å². The van der Waals surface area contributed by atoms with Gasteiger partial charge in [0.1, 0.15) is 6.54 Å². The summed E-state index contributed by atoms with van der Waals surface area (Å²) in [7, 11) is 0. The standard InChI is InChI=1S/C19H25N3O4/c1-12(2)17-21-15(26-22-17)11-25-16(23)10-20-18(24)13-6-8-14(9-7-13)19(3,4)5/h6-9,12H,10-11H2,1-5H3,(H,20,24). The number of aromatic nitrogens is 2. The number of rotatable bonds is 6. The van der Waals surface area contributed by atoms with Crippen molar-refractivity contribution in [1.82, 2.24) is 15.5 Å². The van der Waals surface area contributed by atoms with E-state index in [1.54, 1.807) is 12.1 Å². The van der Waals surface area contributed by atoms with Gasteiger partial charge >= 0.3 is 5.97 Å². The van der Waals surface area contributed by atoms with Crippen molar-refractivity contribution in [2.75, 3.05) is 6.54 Å². The molecular weight excluding hydrogens is 334 g/mol. The highest BCUT2D eigenvalue weighted by atomic mass is 16.6. The van der Waals surface area contributed by atoms with Crippen LogP contribution in [0.25, 0.3) is 0 Å². The summed E-state index contributed by atoms with van der Waals surface area (Å²) < 4.78 is 10.0. The summed E-state index contributed by atoms with van der Waals surface area (Å²) in [6, 6.07) is 7.31. The van der Waals surface area contributed by atoms with Gasteiger partial charge in [-0.25, -0.2) is 0 Å². The molecule has 140 valence electrons. The van der Waals surface area contributed by atoms with E-state index in [1.807, 2.05) is 26.0 Å². The van der Waals surface area contributed by atoms with Crippen LogP contribution >= 0.6 is 0 Å². The molecule has 0 radical (unpaired) electrons. The lowest BCUT2D eigenvalue weighted by Gasteiger charge is -2.19. The van der Waals surface area contributed by atoms with Gasteiger partial charge in [-0.05, 0) is 23.1 Å². The molecule has 1 amide bonds. The molecule has 0 unspecified atom stereocenters. The van der Waals surface area contributed by atoms with E-state index in [2.05, 4.69) is 36.2 Å². The van der Waals surface area contributed by atoms with Gasteiger partial charge in [-0.1, -0.05) is 51.9 Å². The Kier molecular flexibility index (Phi) is 6.13. The summed E-state index contributed by atoms with van der Waals surface area (Å²) in [5.41, 5.74) is 1.64. The first-order valence-electron chi connectivity index (χ1n) is 8.53. The van der Waals surface area contributed by atoms with E-state index in [4.69, 9.17) is 9.26 Å². The number of carbonyl (C=O) groups is 2. The molecule has 1 aromatic carbocycles. The van der Waals surface area contributed by atoms with Crippen molar-refractivity contribution in [3.05, 3.63) is 47.1 Å². The van der Waals surface area contributed by atoms with Gasteiger partial charge in [0.15, 0.2) is 12.4 Å². The van der Waals surface area contributed by atoms with Gasteiger partial charge in [0.2, 0.25) is 0 Å². The lowest BCUT2D eigenvalue weighted by Crippen LogP contribution is -2.30. The molecule has 1 aromatic heterocycles. The molecular formula is C19H25N3O4. The second-order valence-corrected chi connectivity index (χ2v) is 7.37. The fourth-order valence-corrected chi connectivity index (χ4v) is 2.13. The number of nitrogens with zero attached hydrogens (tertiary/aromatic N) is 2. The van der Waals surface area contributed by atoms with Crippen molar-refractivity contribution in [2.45, 2.75) is 52.6 Å². The Morgan fingerprint density at radius 2 is 1.85 bits per heavy atom. The van der Waals surface area contributed by atoms with Crippen LogP contribution in [0, 0.1) is 0 Å². The first kappa shape index (κ1) is 19.6. The molecule has 0 fully saturated rings. The second kappa shape index (κ2) is 8.12. The smallest absolute Gasteiger partial charge is 0.325 e.